The van der Waals surface area contributed by atoms with E-state index in [1.165, 1.54) is 77.0 Å². The Morgan fingerprint density at radius 1 is 0.769 bits per heavy atom. The zero-order valence-corrected chi connectivity index (χ0v) is 17.7. The van der Waals surface area contributed by atoms with E-state index in [1.807, 2.05) is 0 Å². The highest BCUT2D eigenvalue weighted by molar-refractivity contribution is 7.80. The SMILES string of the molecule is CCCCCCCCCCCCCCCCCC(=O)OC(=O)[C@@H](N)CS. The van der Waals surface area contributed by atoms with E-state index in [-0.39, 0.29) is 5.75 Å². The third kappa shape index (κ3) is 16.9. The van der Waals surface area contributed by atoms with Gasteiger partial charge < -0.3 is 10.5 Å². The average molecular weight is 388 g/mol. The number of esters is 2. The van der Waals surface area contributed by atoms with Crippen LogP contribution in [0.25, 0.3) is 0 Å². The van der Waals surface area contributed by atoms with Crippen molar-refractivity contribution in [3.8, 4) is 0 Å². The van der Waals surface area contributed by atoms with Gasteiger partial charge in [-0.2, -0.15) is 12.6 Å². The zero-order chi connectivity index (χ0) is 19.5. The van der Waals surface area contributed by atoms with Gasteiger partial charge in [-0.25, -0.2) is 4.79 Å². The molecule has 0 heterocycles. The van der Waals surface area contributed by atoms with Crippen LogP contribution in [0.2, 0.25) is 0 Å². The van der Waals surface area contributed by atoms with Crippen molar-refractivity contribution in [1.82, 2.24) is 0 Å². The molecule has 5 heteroatoms. The van der Waals surface area contributed by atoms with Gasteiger partial charge in [0, 0.05) is 12.2 Å². The molecule has 0 bridgehead atoms. The maximum Gasteiger partial charge on any atom is 0.331 e. The second-order valence-electron chi connectivity index (χ2n) is 7.28. The lowest BCUT2D eigenvalue weighted by molar-refractivity contribution is -0.160. The average Bonchev–Trinajstić information content (AvgIpc) is 2.64. The Morgan fingerprint density at radius 3 is 1.54 bits per heavy atom. The third-order valence-electron chi connectivity index (χ3n) is 4.70. The molecule has 0 amide bonds. The van der Waals surface area contributed by atoms with Crippen LogP contribution in [-0.4, -0.2) is 23.7 Å². The Hall–Kier alpha value is -0.550. The first kappa shape index (κ1) is 25.4. The molecule has 0 saturated carbocycles. The van der Waals surface area contributed by atoms with E-state index in [0.29, 0.717) is 6.42 Å². The molecule has 2 N–H and O–H groups in total. The van der Waals surface area contributed by atoms with Gasteiger partial charge in [-0.15, -0.1) is 0 Å². The van der Waals surface area contributed by atoms with E-state index < -0.39 is 18.0 Å². The number of ether oxygens (including phenoxy) is 1. The molecule has 0 fully saturated rings. The van der Waals surface area contributed by atoms with Gasteiger partial charge in [-0.1, -0.05) is 96.8 Å². The maximum absolute atomic E-state index is 11.5. The van der Waals surface area contributed by atoms with Crippen molar-refractivity contribution < 1.29 is 14.3 Å². The van der Waals surface area contributed by atoms with Gasteiger partial charge in [0.2, 0.25) is 0 Å². The highest BCUT2D eigenvalue weighted by Crippen LogP contribution is 2.13. The van der Waals surface area contributed by atoms with Crippen LogP contribution >= 0.6 is 12.6 Å². The molecule has 0 aromatic carbocycles. The first-order chi connectivity index (χ1) is 12.6. The largest absolute Gasteiger partial charge is 0.392 e. The fraction of sp³-hybridized carbons (Fsp3) is 0.905. The van der Waals surface area contributed by atoms with Gasteiger partial charge in [-0.05, 0) is 6.42 Å². The zero-order valence-electron chi connectivity index (χ0n) is 16.8. The molecule has 154 valence electrons. The Labute approximate surface area is 166 Å². The monoisotopic (exact) mass is 387 g/mol. The van der Waals surface area contributed by atoms with Gasteiger partial charge in [0.1, 0.15) is 6.04 Å². The number of thiol groups is 1. The Bertz CT molecular complexity index is 350. The molecule has 0 aliphatic rings. The molecule has 0 aliphatic heterocycles. The first-order valence-electron chi connectivity index (χ1n) is 10.7. The summed E-state index contributed by atoms with van der Waals surface area (Å²) in [6.07, 6.45) is 19.6. The van der Waals surface area contributed by atoms with Gasteiger partial charge in [0.05, 0.1) is 0 Å². The second kappa shape index (κ2) is 19.2. The molecule has 0 unspecified atom stereocenters. The van der Waals surface area contributed by atoms with Crippen molar-refractivity contribution in [2.24, 2.45) is 5.73 Å². The third-order valence-corrected chi connectivity index (χ3v) is 5.09. The van der Waals surface area contributed by atoms with E-state index in [9.17, 15) is 9.59 Å². The van der Waals surface area contributed by atoms with Crippen molar-refractivity contribution >= 4 is 24.6 Å². The molecule has 4 nitrogen and oxygen atoms in total. The van der Waals surface area contributed by atoms with E-state index in [0.717, 1.165) is 19.3 Å². The van der Waals surface area contributed by atoms with Crippen LogP contribution in [0.3, 0.4) is 0 Å². The highest BCUT2D eigenvalue weighted by atomic mass is 32.1. The van der Waals surface area contributed by atoms with Gasteiger partial charge >= 0.3 is 11.9 Å². The van der Waals surface area contributed by atoms with E-state index in [1.54, 1.807) is 0 Å². The van der Waals surface area contributed by atoms with Crippen molar-refractivity contribution in [2.75, 3.05) is 5.75 Å². The Morgan fingerprint density at radius 2 is 1.15 bits per heavy atom. The van der Waals surface area contributed by atoms with Crippen LogP contribution in [-0.2, 0) is 14.3 Å². The van der Waals surface area contributed by atoms with Gasteiger partial charge in [0.25, 0.3) is 0 Å². The Balaban J connectivity index is 3.24. The van der Waals surface area contributed by atoms with Crippen LogP contribution < -0.4 is 5.73 Å². The van der Waals surface area contributed by atoms with Crippen LogP contribution in [0.4, 0.5) is 0 Å². The summed E-state index contributed by atoms with van der Waals surface area (Å²) >= 11 is 3.91. The summed E-state index contributed by atoms with van der Waals surface area (Å²) in [4.78, 5) is 22.8. The molecule has 0 spiro atoms. The van der Waals surface area contributed by atoms with Crippen molar-refractivity contribution in [3.05, 3.63) is 0 Å². The van der Waals surface area contributed by atoms with Gasteiger partial charge in [0.15, 0.2) is 0 Å². The molecule has 0 rings (SSSR count). The first-order valence-corrected chi connectivity index (χ1v) is 11.4. The lowest BCUT2D eigenvalue weighted by atomic mass is 10.0. The summed E-state index contributed by atoms with van der Waals surface area (Å²) in [6, 6.07) is -0.816. The minimum atomic E-state index is -0.816. The number of carbonyl (C=O) groups is 2. The van der Waals surface area contributed by atoms with E-state index >= 15 is 0 Å². The van der Waals surface area contributed by atoms with E-state index in [4.69, 9.17) is 5.73 Å². The lowest BCUT2D eigenvalue weighted by Crippen LogP contribution is -2.35. The highest BCUT2D eigenvalue weighted by Gasteiger charge is 2.16. The summed E-state index contributed by atoms with van der Waals surface area (Å²) in [6.45, 7) is 2.26. The maximum atomic E-state index is 11.5. The number of carbonyl (C=O) groups excluding carboxylic acids is 2. The summed E-state index contributed by atoms with van der Waals surface area (Å²) in [5.41, 5.74) is 5.45. The van der Waals surface area contributed by atoms with Crippen LogP contribution in [0.15, 0.2) is 0 Å². The Kier molecular flexibility index (Phi) is 18.8. The summed E-state index contributed by atoms with van der Waals surface area (Å²) in [5, 5.41) is 0. The molecule has 0 aliphatic carbocycles. The molecule has 0 radical (unpaired) electrons. The van der Waals surface area contributed by atoms with Crippen LogP contribution in [0.5, 0.6) is 0 Å². The molecule has 0 saturated heterocycles. The molecule has 0 aromatic rings. The van der Waals surface area contributed by atoms with Crippen molar-refractivity contribution in [2.45, 2.75) is 116 Å². The standard InChI is InChI=1S/C21H41NO3S/c1-2-3-4-5-6-7-8-9-10-11-12-13-14-15-16-17-20(23)25-21(24)19(22)18-26/h19,26H,2-18,22H2,1H3/t19-/m0/s1. The quantitative estimate of drug-likeness (QED) is 0.139. The topological polar surface area (TPSA) is 69.4 Å². The van der Waals surface area contributed by atoms with E-state index in [2.05, 4.69) is 24.3 Å². The molecular formula is C21H41NO3S. The summed E-state index contributed by atoms with van der Waals surface area (Å²) in [5.74, 6) is -0.960. The lowest BCUT2D eigenvalue weighted by Gasteiger charge is -2.07. The minimum Gasteiger partial charge on any atom is -0.392 e. The van der Waals surface area contributed by atoms with Gasteiger partial charge in [-0.3, -0.25) is 4.79 Å². The predicted molar refractivity (Wildman–Crippen MR) is 112 cm³/mol. The number of rotatable bonds is 18. The fourth-order valence-corrected chi connectivity index (χ4v) is 3.10. The van der Waals surface area contributed by atoms with Crippen LogP contribution in [0, 0.1) is 0 Å². The normalized spacial score (nSPS) is 12.1. The number of hydrogen-bond acceptors (Lipinski definition) is 5. The van der Waals surface area contributed by atoms with Crippen LogP contribution in [0.1, 0.15) is 110 Å². The molecule has 0 aromatic heterocycles. The molecule has 1 atom stereocenters. The fourth-order valence-electron chi connectivity index (χ4n) is 2.95. The summed E-state index contributed by atoms with van der Waals surface area (Å²) < 4.78 is 4.67. The number of hydrogen-bond donors (Lipinski definition) is 2. The van der Waals surface area contributed by atoms with Crippen molar-refractivity contribution in [1.29, 1.82) is 0 Å². The second-order valence-corrected chi connectivity index (χ2v) is 7.65. The molecule has 26 heavy (non-hydrogen) atoms. The number of unbranched alkanes of at least 4 members (excludes halogenated alkanes) is 14. The van der Waals surface area contributed by atoms with Crippen molar-refractivity contribution in [3.63, 3.8) is 0 Å². The number of nitrogens with two attached hydrogens (primary N) is 1. The predicted octanol–water partition coefficient (Wildman–Crippen LogP) is 5.57. The smallest absolute Gasteiger partial charge is 0.331 e. The molecular weight excluding hydrogens is 346 g/mol. The summed E-state index contributed by atoms with van der Waals surface area (Å²) in [7, 11) is 0. The minimum absolute atomic E-state index is 0.186.